The van der Waals surface area contributed by atoms with Crippen LogP contribution >= 0.6 is 11.8 Å². The van der Waals surface area contributed by atoms with Crippen LogP contribution in [0.25, 0.3) is 17.1 Å². The van der Waals surface area contributed by atoms with Gasteiger partial charge in [0.25, 0.3) is 0 Å². The summed E-state index contributed by atoms with van der Waals surface area (Å²) in [5.74, 6) is -2.30. The van der Waals surface area contributed by atoms with Crippen molar-refractivity contribution in [3.8, 4) is 28.6 Å². The van der Waals surface area contributed by atoms with Crippen LogP contribution in [0.4, 0.5) is 52.6 Å². The van der Waals surface area contributed by atoms with Gasteiger partial charge in [0.05, 0.1) is 22.8 Å². The van der Waals surface area contributed by atoms with Gasteiger partial charge in [0.15, 0.2) is 17.6 Å². The number of carbonyl (C=O) groups excluding carboxylic acids is 2. The Kier molecular flexibility index (Phi) is 9.51. The van der Waals surface area contributed by atoms with Crippen LogP contribution in [0, 0.1) is 5.82 Å². The number of nitrogens with zero attached hydrogens (tertiary/aromatic N) is 6. The van der Waals surface area contributed by atoms with E-state index < -0.39 is 42.7 Å². The molecule has 1 N–H and O–H groups in total. The summed E-state index contributed by atoms with van der Waals surface area (Å²) in [5, 5.41) is 6.29. The molecule has 1 saturated heterocycles. The number of anilines is 3. The van der Waals surface area contributed by atoms with Crippen LogP contribution in [0.5, 0.6) is 11.5 Å². The summed E-state index contributed by atoms with van der Waals surface area (Å²) in [6.07, 6.45) is -8.24. The van der Waals surface area contributed by atoms with Gasteiger partial charge in [-0.3, -0.25) is 9.69 Å². The molecule has 0 spiro atoms. The summed E-state index contributed by atoms with van der Waals surface area (Å²) in [5.41, 5.74) is 0.699. The van der Waals surface area contributed by atoms with Gasteiger partial charge in [-0.05, 0) is 60.7 Å². The number of benzene rings is 3. The largest absolute Gasteiger partial charge is 0.573 e. The molecule has 1 aromatic heterocycles. The first-order chi connectivity index (χ1) is 22.6. The summed E-state index contributed by atoms with van der Waals surface area (Å²) >= 11 is 0.851. The number of nitrogens with one attached hydrogen (secondary N) is 1. The summed E-state index contributed by atoms with van der Waals surface area (Å²) in [7, 11) is 3.36. The van der Waals surface area contributed by atoms with Crippen LogP contribution in [0.1, 0.15) is 0 Å². The number of halogens is 7. The molecule has 1 aliphatic rings. The van der Waals surface area contributed by atoms with Crippen LogP contribution in [-0.4, -0.2) is 70.9 Å². The van der Waals surface area contributed by atoms with Gasteiger partial charge in [0.2, 0.25) is 5.91 Å². The molecular weight excluding hydrogens is 675 g/mol. The number of rotatable bonds is 8. The quantitative estimate of drug-likeness (QED) is 0.204. The number of aliphatic imine (C=N–C) groups is 1. The summed E-state index contributed by atoms with van der Waals surface area (Å²) in [6.45, 7) is -1.62. The molecule has 48 heavy (non-hydrogen) atoms. The SMILES string of the molecule is CN(C)c1ccc(OCC(F)(F)F)c(N2C(=O)CS/C2=N\C(=O)Nc2ccc(-c3ncn(-c4ccc(OC(F)(F)F)cc4)n3)cc2F)c1. The zero-order chi connectivity index (χ0) is 34.8. The van der Waals surface area contributed by atoms with E-state index in [-0.39, 0.29) is 39.4 Å². The van der Waals surface area contributed by atoms with Crippen LogP contribution in [-0.2, 0) is 4.79 Å². The van der Waals surface area contributed by atoms with Crippen molar-refractivity contribution in [2.24, 2.45) is 4.99 Å². The second kappa shape index (κ2) is 13.4. The predicted octanol–water partition coefficient (Wildman–Crippen LogP) is 6.65. The van der Waals surface area contributed by atoms with Crippen LogP contribution in [0.2, 0.25) is 0 Å². The van der Waals surface area contributed by atoms with Gasteiger partial charge < -0.3 is 19.7 Å². The van der Waals surface area contributed by atoms with E-state index in [9.17, 15) is 35.9 Å². The second-order valence-electron chi connectivity index (χ2n) is 10.0. The van der Waals surface area contributed by atoms with Crippen LogP contribution < -0.4 is 24.6 Å². The molecule has 1 fully saturated rings. The lowest BCUT2D eigenvalue weighted by molar-refractivity contribution is -0.274. The fourth-order valence-corrected chi connectivity index (χ4v) is 5.09. The summed E-state index contributed by atoms with van der Waals surface area (Å²) in [6, 6.07) is 11.5. The minimum absolute atomic E-state index is 0.0580. The molecule has 0 bridgehead atoms. The van der Waals surface area contributed by atoms with E-state index in [1.165, 1.54) is 53.5 Å². The van der Waals surface area contributed by atoms with Gasteiger partial charge in [0.1, 0.15) is 23.6 Å². The topological polar surface area (TPSA) is 114 Å². The number of aromatic nitrogens is 3. The maximum Gasteiger partial charge on any atom is 0.573 e. The average molecular weight is 698 g/mol. The minimum Gasteiger partial charge on any atom is -0.482 e. The van der Waals surface area contributed by atoms with Gasteiger partial charge in [-0.1, -0.05) is 11.8 Å². The number of urea groups is 1. The Hall–Kier alpha value is -5.33. The predicted molar refractivity (Wildman–Crippen MR) is 162 cm³/mol. The number of carbonyl (C=O) groups is 2. The Balaban J connectivity index is 1.32. The second-order valence-corrected chi connectivity index (χ2v) is 11.0. The van der Waals surface area contributed by atoms with Crippen molar-refractivity contribution >= 4 is 45.9 Å². The molecule has 4 aromatic rings. The Morgan fingerprint density at radius 1 is 1.04 bits per heavy atom. The maximum absolute atomic E-state index is 15.1. The van der Waals surface area contributed by atoms with Gasteiger partial charge in [-0.25, -0.2) is 18.9 Å². The van der Waals surface area contributed by atoms with Crippen molar-refractivity contribution in [2.75, 3.05) is 41.6 Å². The molecule has 2 heterocycles. The van der Waals surface area contributed by atoms with Crippen LogP contribution in [0.3, 0.4) is 0 Å². The number of ether oxygens (including phenoxy) is 2. The molecule has 5 rings (SSSR count). The third-order valence-electron chi connectivity index (χ3n) is 6.35. The maximum atomic E-state index is 15.1. The number of hydrogen-bond donors (Lipinski definition) is 1. The zero-order valence-electron chi connectivity index (χ0n) is 24.6. The molecule has 0 radical (unpaired) electrons. The first-order valence-electron chi connectivity index (χ1n) is 13.5. The first-order valence-corrected chi connectivity index (χ1v) is 14.5. The molecule has 19 heteroatoms. The van der Waals surface area contributed by atoms with Crippen molar-refractivity contribution in [1.29, 1.82) is 0 Å². The van der Waals surface area contributed by atoms with Crippen molar-refractivity contribution in [2.45, 2.75) is 12.5 Å². The number of hydrogen-bond acceptors (Lipinski definition) is 8. The van der Waals surface area contributed by atoms with E-state index in [1.807, 2.05) is 0 Å². The van der Waals surface area contributed by atoms with Crippen molar-refractivity contribution < 1.29 is 49.8 Å². The summed E-state index contributed by atoms with van der Waals surface area (Å²) in [4.78, 5) is 36.2. The highest BCUT2D eigenvalue weighted by atomic mass is 32.2. The Bertz CT molecular complexity index is 1860. The molecule has 0 atom stereocenters. The smallest absolute Gasteiger partial charge is 0.482 e. The minimum atomic E-state index is -4.85. The highest BCUT2D eigenvalue weighted by Gasteiger charge is 2.35. The molecule has 252 valence electrons. The molecule has 0 unspecified atom stereocenters. The molecule has 3 aromatic carbocycles. The number of amides is 3. The molecular formula is C29H22F7N7O4S. The third-order valence-corrected chi connectivity index (χ3v) is 7.27. The van der Waals surface area contributed by atoms with E-state index in [0.717, 1.165) is 34.9 Å². The lowest BCUT2D eigenvalue weighted by Crippen LogP contribution is -2.31. The molecule has 1 aliphatic heterocycles. The lowest BCUT2D eigenvalue weighted by Gasteiger charge is -2.23. The number of alkyl halides is 6. The molecule has 11 nitrogen and oxygen atoms in total. The lowest BCUT2D eigenvalue weighted by atomic mass is 10.2. The zero-order valence-corrected chi connectivity index (χ0v) is 25.5. The van der Waals surface area contributed by atoms with E-state index in [4.69, 9.17) is 4.74 Å². The fourth-order valence-electron chi connectivity index (χ4n) is 4.23. The number of thioether (sulfide) groups is 1. The Morgan fingerprint density at radius 3 is 2.42 bits per heavy atom. The Labute approximate surface area is 271 Å². The van der Waals surface area contributed by atoms with Crippen molar-refractivity contribution in [3.05, 3.63) is 72.8 Å². The fraction of sp³-hybridized carbons (Fsp3) is 0.207. The van der Waals surface area contributed by atoms with Gasteiger partial charge in [-0.2, -0.15) is 18.2 Å². The normalized spacial score (nSPS) is 14.4. The highest BCUT2D eigenvalue weighted by molar-refractivity contribution is 8.15. The van der Waals surface area contributed by atoms with Gasteiger partial charge in [0, 0.05) is 25.3 Å². The van der Waals surface area contributed by atoms with E-state index in [1.54, 1.807) is 19.0 Å². The number of amidine groups is 1. The van der Waals surface area contributed by atoms with Gasteiger partial charge in [-0.15, -0.1) is 18.3 Å². The van der Waals surface area contributed by atoms with Crippen molar-refractivity contribution in [3.63, 3.8) is 0 Å². The summed E-state index contributed by atoms with van der Waals surface area (Å²) < 4.78 is 101. The van der Waals surface area contributed by atoms with E-state index in [2.05, 4.69) is 25.1 Å². The van der Waals surface area contributed by atoms with Gasteiger partial charge >= 0.3 is 18.6 Å². The third kappa shape index (κ3) is 8.33. The molecule has 0 saturated carbocycles. The van der Waals surface area contributed by atoms with Crippen LogP contribution in [0.15, 0.2) is 72.0 Å². The van der Waals surface area contributed by atoms with E-state index >= 15 is 4.39 Å². The monoisotopic (exact) mass is 697 g/mol. The molecule has 3 amide bonds. The standard InChI is InChI=1S/C29H22F7N7O4S/c1-41(2)18-6-10-23(46-14-28(31,32)33)22(12-18)43-24(44)13-48-27(43)39-26(45)38-21-9-3-16(11-20(21)30)25-37-15-42(40-25)17-4-7-19(8-5-17)47-29(34,35)36/h3-12,15H,13-14H2,1-2H3,(H,38,45)/b39-27-. The Morgan fingerprint density at radius 2 is 1.77 bits per heavy atom. The molecule has 0 aliphatic carbocycles. The van der Waals surface area contributed by atoms with Crippen molar-refractivity contribution in [1.82, 2.24) is 14.8 Å². The first kappa shape index (κ1) is 34.0. The van der Waals surface area contributed by atoms with E-state index in [0.29, 0.717) is 11.4 Å². The average Bonchev–Trinajstić information content (AvgIpc) is 3.63. The highest BCUT2D eigenvalue weighted by Crippen LogP contribution is 2.38.